The third-order valence-electron chi connectivity index (χ3n) is 3.47. The summed E-state index contributed by atoms with van der Waals surface area (Å²) in [7, 11) is -7.59. The zero-order chi connectivity index (χ0) is 18.9. The number of sulfone groups is 1. The number of hydrogen-bond donors (Lipinski definition) is 1. The normalized spacial score (nSPS) is 12.1. The molecule has 0 unspecified atom stereocenters. The molecule has 0 saturated carbocycles. The molecule has 1 N–H and O–H groups in total. The van der Waals surface area contributed by atoms with Crippen LogP contribution in [0.25, 0.3) is 11.3 Å². The summed E-state index contributed by atoms with van der Waals surface area (Å²) in [6, 6.07) is 15.5. The third-order valence-corrected chi connectivity index (χ3v) is 5.98. The van der Waals surface area contributed by atoms with Gasteiger partial charge >= 0.3 is 0 Å². The average molecular weight is 412 g/mol. The number of rotatable bonds is 5. The smallest absolute Gasteiger partial charge is 0.222 e. The first-order valence-corrected chi connectivity index (χ1v) is 11.1. The molecule has 0 aliphatic carbocycles. The third kappa shape index (κ3) is 3.90. The van der Waals surface area contributed by atoms with Crippen molar-refractivity contribution in [1.29, 1.82) is 0 Å². The van der Waals surface area contributed by atoms with Gasteiger partial charge in [0, 0.05) is 22.9 Å². The van der Waals surface area contributed by atoms with Gasteiger partial charge in [0.1, 0.15) is 0 Å². The minimum Gasteiger partial charge on any atom is -0.222 e. The highest BCUT2D eigenvalue weighted by molar-refractivity contribution is 7.92. The number of aromatic nitrogens is 2. The van der Waals surface area contributed by atoms with Crippen molar-refractivity contribution >= 4 is 31.5 Å². The first-order chi connectivity index (χ1) is 12.2. The van der Waals surface area contributed by atoms with E-state index in [0.29, 0.717) is 10.6 Å². The zero-order valence-corrected chi connectivity index (χ0v) is 15.9. The number of halogens is 1. The van der Waals surface area contributed by atoms with E-state index in [0.717, 1.165) is 11.0 Å². The summed E-state index contributed by atoms with van der Waals surface area (Å²) in [4.78, 5) is 3.25. The Morgan fingerprint density at radius 2 is 1.58 bits per heavy atom. The van der Waals surface area contributed by atoms with Gasteiger partial charge in [-0.2, -0.15) is 18.0 Å². The Balaban J connectivity index is 2.11. The Bertz CT molecular complexity index is 1140. The van der Waals surface area contributed by atoms with Crippen LogP contribution >= 0.6 is 11.6 Å². The molecule has 136 valence electrons. The maximum atomic E-state index is 12.6. The second-order valence-electron chi connectivity index (χ2n) is 5.47. The minimum absolute atomic E-state index is 0.0264. The van der Waals surface area contributed by atoms with E-state index in [-0.39, 0.29) is 15.6 Å². The maximum absolute atomic E-state index is 12.6. The Hall–Kier alpha value is -2.36. The van der Waals surface area contributed by atoms with Crippen LogP contribution in [0.5, 0.6) is 0 Å². The molecule has 0 bridgehead atoms. The molecule has 7 nitrogen and oxygen atoms in total. The first kappa shape index (κ1) is 18.4. The Morgan fingerprint density at radius 3 is 2.15 bits per heavy atom. The van der Waals surface area contributed by atoms with Crippen molar-refractivity contribution < 1.29 is 16.8 Å². The van der Waals surface area contributed by atoms with Gasteiger partial charge in [0.2, 0.25) is 0 Å². The van der Waals surface area contributed by atoms with Crippen LogP contribution in [0.3, 0.4) is 0 Å². The van der Waals surface area contributed by atoms with Crippen molar-refractivity contribution in [3.8, 4) is 11.3 Å². The van der Waals surface area contributed by atoms with Crippen LogP contribution in [-0.4, -0.2) is 33.0 Å². The van der Waals surface area contributed by atoms with Crippen molar-refractivity contribution in [3.63, 3.8) is 0 Å². The summed E-state index contributed by atoms with van der Waals surface area (Å²) in [6.45, 7) is 0. The molecule has 10 heteroatoms. The van der Waals surface area contributed by atoms with Crippen molar-refractivity contribution in [2.45, 2.75) is 9.92 Å². The highest BCUT2D eigenvalue weighted by Gasteiger charge is 2.21. The summed E-state index contributed by atoms with van der Waals surface area (Å²) in [5.41, 5.74) is 0.814. The largest absolute Gasteiger partial charge is 0.276 e. The predicted molar refractivity (Wildman–Crippen MR) is 98.8 cm³/mol. The molecule has 26 heavy (non-hydrogen) atoms. The molecule has 0 saturated heterocycles. The van der Waals surface area contributed by atoms with E-state index >= 15 is 0 Å². The van der Waals surface area contributed by atoms with Crippen molar-refractivity contribution in [2.24, 2.45) is 0 Å². The zero-order valence-electron chi connectivity index (χ0n) is 13.5. The molecule has 1 heterocycles. The molecule has 0 aliphatic rings. The van der Waals surface area contributed by atoms with E-state index in [4.69, 9.17) is 11.6 Å². The van der Waals surface area contributed by atoms with Gasteiger partial charge in [-0.15, -0.1) is 5.10 Å². The number of nitrogens with zero attached hydrogens (tertiary/aromatic N) is 2. The second kappa shape index (κ2) is 6.75. The van der Waals surface area contributed by atoms with Crippen LogP contribution in [0.4, 0.5) is 0 Å². The maximum Gasteiger partial charge on any atom is 0.276 e. The summed E-state index contributed by atoms with van der Waals surface area (Å²) >= 11 is 5.87. The van der Waals surface area contributed by atoms with E-state index in [1.807, 2.05) is 0 Å². The van der Waals surface area contributed by atoms with Gasteiger partial charge in [0.15, 0.2) is 14.9 Å². The molecule has 0 radical (unpaired) electrons. The monoisotopic (exact) mass is 411 g/mol. The van der Waals surface area contributed by atoms with Crippen LogP contribution in [-0.2, 0) is 19.9 Å². The van der Waals surface area contributed by atoms with Crippen LogP contribution in [0.15, 0.2) is 70.6 Å². The van der Waals surface area contributed by atoms with E-state index in [2.05, 4.69) is 9.93 Å². The van der Waals surface area contributed by atoms with Crippen LogP contribution < -0.4 is 4.83 Å². The minimum atomic E-state index is -3.95. The molecule has 0 aliphatic heterocycles. The molecule has 3 aromatic rings. The number of benzene rings is 2. The Labute approximate surface area is 156 Å². The quantitative estimate of drug-likeness (QED) is 0.695. The number of nitrogens with one attached hydrogen (secondary N) is 1. The molecule has 2 aromatic carbocycles. The second-order valence-corrected chi connectivity index (χ2v) is 9.53. The number of hydrogen-bond acceptors (Lipinski definition) is 5. The van der Waals surface area contributed by atoms with Gasteiger partial charge in [0.25, 0.3) is 10.0 Å². The Kier molecular flexibility index (Phi) is 4.78. The van der Waals surface area contributed by atoms with E-state index in [1.54, 1.807) is 42.5 Å². The summed E-state index contributed by atoms with van der Waals surface area (Å²) in [5.74, 6) is 0. The van der Waals surface area contributed by atoms with Gasteiger partial charge in [-0.05, 0) is 24.3 Å². The van der Waals surface area contributed by atoms with Crippen molar-refractivity contribution in [2.75, 3.05) is 11.1 Å². The standard InChI is InChI=1S/C16H14ClN3O4S2/c1-25(21,22)16-11-15(12-7-9-13(17)10-8-12)20(18-16)19-26(23,24)14-5-3-2-4-6-14/h2-11,19H,1H3. The van der Waals surface area contributed by atoms with Gasteiger partial charge in [-0.25, -0.2) is 8.42 Å². The van der Waals surface area contributed by atoms with Gasteiger partial charge < -0.3 is 0 Å². The molecule has 1 aromatic heterocycles. The van der Waals surface area contributed by atoms with E-state index in [9.17, 15) is 16.8 Å². The SMILES string of the molecule is CS(=O)(=O)c1cc(-c2ccc(Cl)cc2)n(NS(=O)(=O)c2ccccc2)n1. The summed E-state index contributed by atoms with van der Waals surface area (Å²) in [6.07, 6.45) is 0.997. The highest BCUT2D eigenvalue weighted by atomic mass is 35.5. The van der Waals surface area contributed by atoms with E-state index in [1.165, 1.54) is 18.2 Å². The summed E-state index contributed by atoms with van der Waals surface area (Å²) < 4.78 is 48.8. The average Bonchev–Trinajstić information content (AvgIpc) is 3.00. The fraction of sp³-hybridized carbons (Fsp3) is 0.0625. The van der Waals surface area contributed by atoms with Crippen LogP contribution in [0, 0.1) is 0 Å². The number of sulfonamides is 1. The fourth-order valence-electron chi connectivity index (χ4n) is 2.20. The lowest BCUT2D eigenvalue weighted by molar-refractivity contribution is 0.585. The van der Waals surface area contributed by atoms with E-state index < -0.39 is 19.9 Å². The Morgan fingerprint density at radius 1 is 0.962 bits per heavy atom. The molecular weight excluding hydrogens is 398 g/mol. The topological polar surface area (TPSA) is 98.1 Å². The van der Waals surface area contributed by atoms with Crippen LogP contribution in [0.2, 0.25) is 5.02 Å². The van der Waals surface area contributed by atoms with Gasteiger partial charge in [0.05, 0.1) is 10.6 Å². The lowest BCUT2D eigenvalue weighted by Crippen LogP contribution is -2.25. The molecule has 3 rings (SSSR count). The van der Waals surface area contributed by atoms with Crippen molar-refractivity contribution in [1.82, 2.24) is 9.89 Å². The van der Waals surface area contributed by atoms with Gasteiger partial charge in [-0.3, -0.25) is 0 Å². The molecule has 0 atom stereocenters. The highest BCUT2D eigenvalue weighted by Crippen LogP contribution is 2.24. The van der Waals surface area contributed by atoms with Crippen LogP contribution in [0.1, 0.15) is 0 Å². The lowest BCUT2D eigenvalue weighted by Gasteiger charge is -2.11. The first-order valence-electron chi connectivity index (χ1n) is 7.31. The molecular formula is C16H14ClN3O4S2. The lowest BCUT2D eigenvalue weighted by atomic mass is 10.2. The van der Waals surface area contributed by atoms with Crippen molar-refractivity contribution in [3.05, 3.63) is 65.7 Å². The molecule has 0 fully saturated rings. The molecule has 0 amide bonds. The molecule has 0 spiro atoms. The van der Waals surface area contributed by atoms with Gasteiger partial charge in [-0.1, -0.05) is 41.9 Å². The summed E-state index contributed by atoms with van der Waals surface area (Å²) in [5, 5.41) is 4.14. The fourth-order valence-corrected chi connectivity index (χ4v) is 3.87. The predicted octanol–water partition coefficient (Wildman–Crippen LogP) is 2.54.